The first-order valence-corrected chi connectivity index (χ1v) is 7.84. The Kier molecular flexibility index (Phi) is 4.55. The zero-order valence-corrected chi connectivity index (χ0v) is 12.6. The third kappa shape index (κ3) is 3.27. The van der Waals surface area contributed by atoms with Crippen molar-refractivity contribution in [3.05, 3.63) is 12.4 Å². The van der Waals surface area contributed by atoms with E-state index in [-0.39, 0.29) is 18.8 Å². The van der Waals surface area contributed by atoms with Gasteiger partial charge in [-0.1, -0.05) is 0 Å². The van der Waals surface area contributed by atoms with Gasteiger partial charge in [0.1, 0.15) is 18.0 Å². The van der Waals surface area contributed by atoms with Gasteiger partial charge in [0.25, 0.3) is 0 Å². The third-order valence-corrected chi connectivity index (χ3v) is 4.30. The molecule has 2 aliphatic rings. The second kappa shape index (κ2) is 6.58. The zero-order valence-electron chi connectivity index (χ0n) is 12.6. The van der Waals surface area contributed by atoms with Gasteiger partial charge in [-0.15, -0.1) is 0 Å². The van der Waals surface area contributed by atoms with E-state index in [4.69, 9.17) is 4.74 Å². The van der Waals surface area contributed by atoms with Gasteiger partial charge in [0.15, 0.2) is 0 Å². The molecule has 21 heavy (non-hydrogen) atoms. The minimum absolute atomic E-state index is 0.188. The van der Waals surface area contributed by atoms with Gasteiger partial charge in [0.2, 0.25) is 0 Å². The molecule has 2 atom stereocenters. The number of aliphatic hydroxyl groups is 1. The van der Waals surface area contributed by atoms with Gasteiger partial charge in [-0.2, -0.15) is 0 Å². The Morgan fingerprint density at radius 1 is 1.29 bits per heavy atom. The van der Waals surface area contributed by atoms with E-state index in [0.29, 0.717) is 0 Å². The molecule has 1 aromatic heterocycles. The fourth-order valence-corrected chi connectivity index (χ4v) is 3.20. The van der Waals surface area contributed by atoms with Crippen LogP contribution in [0.25, 0.3) is 0 Å². The van der Waals surface area contributed by atoms with Gasteiger partial charge in [-0.3, -0.25) is 0 Å². The van der Waals surface area contributed by atoms with Crippen LogP contribution in [0.3, 0.4) is 0 Å². The molecule has 0 amide bonds. The molecule has 0 bridgehead atoms. The average molecular weight is 292 g/mol. The molecule has 116 valence electrons. The lowest BCUT2D eigenvalue weighted by Crippen LogP contribution is -2.34. The van der Waals surface area contributed by atoms with Crippen molar-refractivity contribution in [2.75, 3.05) is 42.6 Å². The van der Waals surface area contributed by atoms with Gasteiger partial charge in [-0.05, 0) is 26.2 Å². The summed E-state index contributed by atoms with van der Waals surface area (Å²) >= 11 is 0. The molecule has 3 heterocycles. The minimum atomic E-state index is 0.188. The van der Waals surface area contributed by atoms with Crippen molar-refractivity contribution in [2.24, 2.45) is 0 Å². The molecule has 2 aliphatic heterocycles. The van der Waals surface area contributed by atoms with Crippen LogP contribution in [-0.4, -0.2) is 60.1 Å². The lowest BCUT2D eigenvalue weighted by Gasteiger charge is -2.27. The number of hydrogen-bond donors (Lipinski definition) is 1. The smallest absolute Gasteiger partial charge is 0.134 e. The number of ether oxygens (including phenoxy) is 1. The number of rotatable bonds is 3. The second-order valence-corrected chi connectivity index (χ2v) is 5.89. The fourth-order valence-electron chi connectivity index (χ4n) is 3.20. The van der Waals surface area contributed by atoms with Crippen LogP contribution in [0.2, 0.25) is 0 Å². The summed E-state index contributed by atoms with van der Waals surface area (Å²) in [4.78, 5) is 13.3. The van der Waals surface area contributed by atoms with Crippen molar-refractivity contribution in [2.45, 2.75) is 38.3 Å². The van der Waals surface area contributed by atoms with Gasteiger partial charge in [0.05, 0.1) is 18.8 Å². The van der Waals surface area contributed by atoms with Crippen LogP contribution >= 0.6 is 0 Å². The van der Waals surface area contributed by atoms with E-state index in [1.807, 2.05) is 6.07 Å². The maximum absolute atomic E-state index is 9.48. The molecule has 0 unspecified atom stereocenters. The molecular weight excluding hydrogens is 268 g/mol. The van der Waals surface area contributed by atoms with Crippen molar-refractivity contribution in [3.63, 3.8) is 0 Å². The van der Waals surface area contributed by atoms with Crippen LogP contribution in [0.1, 0.15) is 26.2 Å². The molecular formula is C15H24N4O2. The molecule has 6 heteroatoms. The predicted octanol–water partition coefficient (Wildman–Crippen LogP) is 1.05. The van der Waals surface area contributed by atoms with Crippen molar-refractivity contribution in [1.82, 2.24) is 9.97 Å². The Morgan fingerprint density at radius 3 is 3.00 bits per heavy atom. The maximum atomic E-state index is 9.48. The van der Waals surface area contributed by atoms with Gasteiger partial charge >= 0.3 is 0 Å². The summed E-state index contributed by atoms with van der Waals surface area (Å²) in [5.41, 5.74) is 0. The summed E-state index contributed by atoms with van der Waals surface area (Å²) in [5.74, 6) is 1.88. The standard InChI is InChI=1S/C15H24N4O2/c1-12-9-18(5-3-7-21-12)14-8-15(17-11-16-14)19-6-2-4-13(19)10-20/h8,11-13,20H,2-7,9-10H2,1H3/t12-,13+/m1/s1. The van der Waals surface area contributed by atoms with Crippen LogP contribution in [0.4, 0.5) is 11.6 Å². The summed E-state index contributed by atoms with van der Waals surface area (Å²) < 4.78 is 5.69. The summed E-state index contributed by atoms with van der Waals surface area (Å²) in [5, 5.41) is 9.48. The Labute approximate surface area is 125 Å². The topological polar surface area (TPSA) is 61.7 Å². The van der Waals surface area contributed by atoms with E-state index in [1.165, 1.54) is 0 Å². The van der Waals surface area contributed by atoms with E-state index in [1.54, 1.807) is 6.33 Å². The van der Waals surface area contributed by atoms with Gasteiger partial charge in [0, 0.05) is 32.3 Å². The highest BCUT2D eigenvalue weighted by Gasteiger charge is 2.26. The first-order valence-electron chi connectivity index (χ1n) is 7.84. The Bertz CT molecular complexity index is 471. The van der Waals surface area contributed by atoms with Crippen LogP contribution in [0, 0.1) is 0 Å². The van der Waals surface area contributed by atoms with E-state index in [2.05, 4.69) is 26.7 Å². The second-order valence-electron chi connectivity index (χ2n) is 5.89. The molecule has 0 saturated carbocycles. The van der Waals surface area contributed by atoms with Crippen LogP contribution in [-0.2, 0) is 4.74 Å². The van der Waals surface area contributed by atoms with Crippen molar-refractivity contribution >= 4 is 11.6 Å². The summed E-state index contributed by atoms with van der Waals surface area (Å²) in [6.07, 6.45) is 5.02. The molecule has 0 aliphatic carbocycles. The lowest BCUT2D eigenvalue weighted by molar-refractivity contribution is 0.0820. The lowest BCUT2D eigenvalue weighted by atomic mass is 10.2. The van der Waals surface area contributed by atoms with E-state index < -0.39 is 0 Å². The molecule has 6 nitrogen and oxygen atoms in total. The highest BCUT2D eigenvalue weighted by molar-refractivity contribution is 5.51. The fraction of sp³-hybridized carbons (Fsp3) is 0.733. The van der Waals surface area contributed by atoms with E-state index in [0.717, 1.165) is 57.1 Å². The van der Waals surface area contributed by atoms with Crippen LogP contribution < -0.4 is 9.80 Å². The largest absolute Gasteiger partial charge is 0.394 e. The third-order valence-electron chi connectivity index (χ3n) is 4.30. The number of nitrogens with zero attached hydrogens (tertiary/aromatic N) is 4. The molecule has 0 radical (unpaired) electrons. The van der Waals surface area contributed by atoms with Crippen LogP contribution in [0.5, 0.6) is 0 Å². The van der Waals surface area contributed by atoms with Crippen molar-refractivity contribution in [3.8, 4) is 0 Å². The highest BCUT2D eigenvalue weighted by atomic mass is 16.5. The predicted molar refractivity (Wildman–Crippen MR) is 81.7 cm³/mol. The first kappa shape index (κ1) is 14.5. The average Bonchev–Trinajstić information content (AvgIpc) is 2.89. The maximum Gasteiger partial charge on any atom is 0.134 e. The van der Waals surface area contributed by atoms with Crippen molar-refractivity contribution < 1.29 is 9.84 Å². The molecule has 3 rings (SSSR count). The highest BCUT2D eigenvalue weighted by Crippen LogP contribution is 2.26. The van der Waals surface area contributed by atoms with Crippen molar-refractivity contribution in [1.29, 1.82) is 0 Å². The molecule has 1 N–H and O–H groups in total. The molecule has 0 aromatic carbocycles. The summed E-state index contributed by atoms with van der Waals surface area (Å²) in [6.45, 7) is 5.89. The normalized spacial score (nSPS) is 27.0. The Hall–Kier alpha value is -1.40. The monoisotopic (exact) mass is 292 g/mol. The summed E-state index contributed by atoms with van der Waals surface area (Å²) in [6, 6.07) is 2.24. The van der Waals surface area contributed by atoms with Gasteiger partial charge in [-0.25, -0.2) is 9.97 Å². The Morgan fingerprint density at radius 2 is 2.14 bits per heavy atom. The number of anilines is 2. The molecule has 0 spiro atoms. The van der Waals surface area contributed by atoms with E-state index in [9.17, 15) is 5.11 Å². The Balaban J connectivity index is 1.79. The minimum Gasteiger partial charge on any atom is -0.394 e. The van der Waals surface area contributed by atoms with E-state index >= 15 is 0 Å². The zero-order chi connectivity index (χ0) is 14.7. The molecule has 2 saturated heterocycles. The summed E-state index contributed by atoms with van der Waals surface area (Å²) in [7, 11) is 0. The first-order chi connectivity index (χ1) is 10.3. The molecule has 2 fully saturated rings. The van der Waals surface area contributed by atoms with Crippen LogP contribution in [0.15, 0.2) is 12.4 Å². The molecule has 1 aromatic rings. The van der Waals surface area contributed by atoms with Gasteiger partial charge < -0.3 is 19.6 Å². The number of aromatic nitrogens is 2. The SMILES string of the molecule is C[C@@H]1CN(c2cc(N3CCC[C@H]3CO)ncn2)CCCO1. The quantitative estimate of drug-likeness (QED) is 0.898. The number of aliphatic hydroxyl groups excluding tert-OH is 1. The number of hydrogen-bond acceptors (Lipinski definition) is 6.